The van der Waals surface area contributed by atoms with Gasteiger partial charge in [-0.3, -0.25) is 0 Å². The number of aryl methyl sites for hydroxylation is 3. The third kappa shape index (κ3) is 3.80. The molecule has 136 valence electrons. The van der Waals surface area contributed by atoms with E-state index in [2.05, 4.69) is 0 Å². The Morgan fingerprint density at radius 3 is 2.12 bits per heavy atom. The molecule has 5 nitrogen and oxygen atoms in total. The van der Waals surface area contributed by atoms with Crippen LogP contribution in [0.3, 0.4) is 0 Å². The zero-order valence-electron chi connectivity index (χ0n) is 15.6. The quantitative estimate of drug-likeness (QED) is 0.789. The van der Waals surface area contributed by atoms with Crippen molar-refractivity contribution in [1.29, 1.82) is 0 Å². The summed E-state index contributed by atoms with van der Waals surface area (Å²) in [6, 6.07) is 9.21. The van der Waals surface area contributed by atoms with Crippen LogP contribution in [0.4, 0.5) is 0 Å². The van der Waals surface area contributed by atoms with E-state index in [0.717, 1.165) is 22.3 Å². The SMILES string of the molecule is COc1cccc(CN(C)S(=O)(=O)c2c(C)cc(C)cc2C)c1OC. The fraction of sp³-hybridized carbons (Fsp3) is 0.368. The minimum Gasteiger partial charge on any atom is -0.493 e. The number of hydrogen-bond acceptors (Lipinski definition) is 4. The van der Waals surface area contributed by atoms with Gasteiger partial charge in [0.05, 0.1) is 19.1 Å². The molecule has 0 saturated carbocycles. The normalized spacial score (nSPS) is 11.6. The Morgan fingerprint density at radius 2 is 1.60 bits per heavy atom. The summed E-state index contributed by atoms with van der Waals surface area (Å²) >= 11 is 0. The van der Waals surface area contributed by atoms with Crippen LogP contribution in [0.25, 0.3) is 0 Å². The van der Waals surface area contributed by atoms with Gasteiger partial charge in [0.2, 0.25) is 10.0 Å². The number of sulfonamides is 1. The second-order valence-electron chi connectivity index (χ2n) is 6.14. The molecule has 0 radical (unpaired) electrons. The lowest BCUT2D eigenvalue weighted by Crippen LogP contribution is -2.28. The summed E-state index contributed by atoms with van der Waals surface area (Å²) in [5.41, 5.74) is 3.30. The van der Waals surface area contributed by atoms with Gasteiger partial charge in [-0.1, -0.05) is 29.8 Å². The van der Waals surface area contributed by atoms with Crippen LogP contribution in [0.15, 0.2) is 35.2 Å². The average molecular weight is 363 g/mol. The fourth-order valence-corrected chi connectivity index (χ4v) is 4.68. The molecule has 0 aliphatic rings. The van der Waals surface area contributed by atoms with Crippen LogP contribution >= 0.6 is 0 Å². The van der Waals surface area contributed by atoms with Gasteiger partial charge >= 0.3 is 0 Å². The minimum absolute atomic E-state index is 0.190. The molecule has 0 heterocycles. The van der Waals surface area contributed by atoms with Gasteiger partial charge in [0.15, 0.2) is 11.5 Å². The molecule has 0 atom stereocenters. The molecule has 0 unspecified atom stereocenters. The predicted molar refractivity (Wildman–Crippen MR) is 98.9 cm³/mol. The number of para-hydroxylation sites is 1. The highest BCUT2D eigenvalue weighted by molar-refractivity contribution is 7.89. The van der Waals surface area contributed by atoms with Crippen molar-refractivity contribution in [2.75, 3.05) is 21.3 Å². The molecular formula is C19H25NO4S. The lowest BCUT2D eigenvalue weighted by Gasteiger charge is -2.22. The number of benzene rings is 2. The Bertz CT molecular complexity index is 852. The van der Waals surface area contributed by atoms with Crippen molar-refractivity contribution < 1.29 is 17.9 Å². The lowest BCUT2D eigenvalue weighted by molar-refractivity contribution is 0.347. The van der Waals surface area contributed by atoms with Crippen LogP contribution in [-0.2, 0) is 16.6 Å². The first kappa shape index (κ1) is 19.3. The molecule has 0 amide bonds. The maximum atomic E-state index is 13.1. The van der Waals surface area contributed by atoms with E-state index in [1.165, 1.54) is 4.31 Å². The molecule has 6 heteroatoms. The molecule has 0 fully saturated rings. The van der Waals surface area contributed by atoms with Crippen LogP contribution in [0, 0.1) is 20.8 Å². The Morgan fingerprint density at radius 1 is 1.00 bits per heavy atom. The van der Waals surface area contributed by atoms with E-state index < -0.39 is 10.0 Å². The standard InChI is InChI=1S/C19H25NO4S/c1-13-10-14(2)19(15(3)11-13)25(21,22)20(4)12-16-8-7-9-17(23-5)18(16)24-6/h7-11H,12H2,1-6H3. The van der Waals surface area contributed by atoms with Crippen molar-refractivity contribution in [3.63, 3.8) is 0 Å². The summed E-state index contributed by atoms with van der Waals surface area (Å²) in [4.78, 5) is 0.363. The molecule has 0 bridgehead atoms. The molecule has 2 aromatic rings. The van der Waals surface area contributed by atoms with E-state index in [1.807, 2.05) is 45.0 Å². The second-order valence-corrected chi connectivity index (χ2v) is 8.12. The van der Waals surface area contributed by atoms with Gasteiger partial charge in [0, 0.05) is 19.2 Å². The fourth-order valence-electron chi connectivity index (χ4n) is 3.13. The van der Waals surface area contributed by atoms with Gasteiger partial charge < -0.3 is 9.47 Å². The average Bonchev–Trinajstić information content (AvgIpc) is 2.53. The van der Waals surface area contributed by atoms with E-state index in [0.29, 0.717) is 16.4 Å². The van der Waals surface area contributed by atoms with Gasteiger partial charge in [0.1, 0.15) is 0 Å². The van der Waals surface area contributed by atoms with Crippen LogP contribution in [-0.4, -0.2) is 34.0 Å². The highest BCUT2D eigenvalue weighted by Crippen LogP contribution is 2.33. The predicted octanol–water partition coefficient (Wildman–Crippen LogP) is 3.45. The minimum atomic E-state index is -3.62. The largest absolute Gasteiger partial charge is 0.493 e. The van der Waals surface area contributed by atoms with Crippen LogP contribution < -0.4 is 9.47 Å². The Labute approximate surface area is 150 Å². The number of methoxy groups -OCH3 is 2. The molecule has 0 saturated heterocycles. The van der Waals surface area contributed by atoms with Gasteiger partial charge in [-0.25, -0.2) is 8.42 Å². The molecule has 0 N–H and O–H groups in total. The zero-order valence-corrected chi connectivity index (χ0v) is 16.4. The Hall–Kier alpha value is -2.05. The summed E-state index contributed by atoms with van der Waals surface area (Å²) in [6.45, 7) is 5.80. The van der Waals surface area contributed by atoms with E-state index in [4.69, 9.17) is 9.47 Å². The van der Waals surface area contributed by atoms with Crippen molar-refractivity contribution in [3.05, 3.63) is 52.6 Å². The van der Waals surface area contributed by atoms with Gasteiger partial charge in [0.25, 0.3) is 0 Å². The number of rotatable bonds is 6. The summed E-state index contributed by atoms with van der Waals surface area (Å²) in [5, 5.41) is 0. The first-order chi connectivity index (χ1) is 11.7. The van der Waals surface area contributed by atoms with Crippen molar-refractivity contribution in [2.45, 2.75) is 32.2 Å². The van der Waals surface area contributed by atoms with Gasteiger partial charge in [-0.15, -0.1) is 0 Å². The third-order valence-corrected chi connectivity index (χ3v) is 6.26. The number of hydrogen-bond donors (Lipinski definition) is 0. The van der Waals surface area contributed by atoms with Crippen LogP contribution in [0.2, 0.25) is 0 Å². The molecule has 0 aromatic heterocycles. The Kier molecular flexibility index (Phi) is 5.75. The Balaban J connectivity index is 2.43. The van der Waals surface area contributed by atoms with E-state index in [1.54, 1.807) is 27.3 Å². The topological polar surface area (TPSA) is 55.8 Å². The number of nitrogens with zero attached hydrogens (tertiary/aromatic N) is 1. The van der Waals surface area contributed by atoms with Crippen LogP contribution in [0.5, 0.6) is 11.5 Å². The lowest BCUT2D eigenvalue weighted by atomic mass is 10.1. The van der Waals surface area contributed by atoms with Crippen molar-refractivity contribution >= 4 is 10.0 Å². The zero-order chi connectivity index (χ0) is 18.8. The molecule has 0 spiro atoms. The van der Waals surface area contributed by atoms with E-state index in [-0.39, 0.29) is 6.54 Å². The van der Waals surface area contributed by atoms with Crippen molar-refractivity contribution in [1.82, 2.24) is 4.31 Å². The molecule has 2 aromatic carbocycles. The molecular weight excluding hydrogens is 338 g/mol. The monoisotopic (exact) mass is 363 g/mol. The van der Waals surface area contributed by atoms with E-state index >= 15 is 0 Å². The molecule has 25 heavy (non-hydrogen) atoms. The summed E-state index contributed by atoms with van der Waals surface area (Å²) in [5.74, 6) is 1.12. The number of ether oxygens (including phenoxy) is 2. The maximum absolute atomic E-state index is 13.1. The summed E-state index contributed by atoms with van der Waals surface area (Å²) < 4.78 is 38.2. The van der Waals surface area contributed by atoms with Gasteiger partial charge in [-0.2, -0.15) is 4.31 Å². The molecule has 2 rings (SSSR count). The van der Waals surface area contributed by atoms with E-state index in [9.17, 15) is 8.42 Å². The summed E-state index contributed by atoms with van der Waals surface area (Å²) in [6.07, 6.45) is 0. The highest BCUT2D eigenvalue weighted by Gasteiger charge is 2.26. The first-order valence-electron chi connectivity index (χ1n) is 7.96. The van der Waals surface area contributed by atoms with Crippen LogP contribution in [0.1, 0.15) is 22.3 Å². The molecule has 0 aliphatic carbocycles. The first-order valence-corrected chi connectivity index (χ1v) is 9.40. The van der Waals surface area contributed by atoms with Crippen molar-refractivity contribution in [3.8, 4) is 11.5 Å². The van der Waals surface area contributed by atoms with Crippen molar-refractivity contribution in [2.24, 2.45) is 0 Å². The molecule has 0 aliphatic heterocycles. The highest BCUT2D eigenvalue weighted by atomic mass is 32.2. The smallest absolute Gasteiger partial charge is 0.243 e. The third-order valence-electron chi connectivity index (χ3n) is 4.15. The second kappa shape index (κ2) is 7.45. The maximum Gasteiger partial charge on any atom is 0.243 e. The van der Waals surface area contributed by atoms with Gasteiger partial charge in [-0.05, 0) is 38.0 Å². The summed E-state index contributed by atoms with van der Waals surface area (Å²) in [7, 11) is 1.06.